The van der Waals surface area contributed by atoms with Gasteiger partial charge in [0, 0.05) is 13.5 Å². The molecule has 0 spiro atoms. The zero-order valence-electron chi connectivity index (χ0n) is 7.39. The van der Waals surface area contributed by atoms with Gasteiger partial charge < -0.3 is 16.4 Å². The van der Waals surface area contributed by atoms with Crippen LogP contribution < -0.4 is 16.4 Å². The van der Waals surface area contributed by atoms with Crippen molar-refractivity contribution in [1.82, 2.24) is 10.6 Å². The maximum Gasteiger partial charge on any atom is 0.236 e. The van der Waals surface area contributed by atoms with Gasteiger partial charge in [0.25, 0.3) is 0 Å². The van der Waals surface area contributed by atoms with Crippen molar-refractivity contribution in [2.75, 3.05) is 14.1 Å². The van der Waals surface area contributed by atoms with E-state index in [0.29, 0.717) is 6.42 Å². The molecule has 12 heavy (non-hydrogen) atoms. The lowest BCUT2D eigenvalue weighted by Gasteiger charge is -2.12. The average molecular weight is 173 g/mol. The number of likely N-dealkylation sites (N-methyl/N-ethyl adjacent to an activating group) is 2. The number of primary amides is 1. The third-order valence-electron chi connectivity index (χ3n) is 1.59. The van der Waals surface area contributed by atoms with Gasteiger partial charge in [-0.3, -0.25) is 9.59 Å². The second-order valence-corrected chi connectivity index (χ2v) is 2.46. The second-order valence-electron chi connectivity index (χ2n) is 2.46. The summed E-state index contributed by atoms with van der Waals surface area (Å²) in [4.78, 5) is 21.4. The van der Waals surface area contributed by atoms with Crippen molar-refractivity contribution >= 4 is 11.8 Å². The van der Waals surface area contributed by atoms with Crippen LogP contribution in [0.5, 0.6) is 0 Å². The van der Waals surface area contributed by atoms with Crippen LogP contribution in [0.15, 0.2) is 0 Å². The third kappa shape index (κ3) is 3.92. The number of rotatable bonds is 5. The molecule has 0 saturated heterocycles. The second kappa shape index (κ2) is 5.54. The quantitative estimate of drug-likeness (QED) is 0.477. The molecule has 0 fully saturated rings. The number of carbonyl (C=O) groups excluding carboxylic acids is 2. The number of amides is 2. The Hall–Kier alpha value is -1.10. The molecule has 0 saturated carbocycles. The summed E-state index contributed by atoms with van der Waals surface area (Å²) in [5.74, 6) is -0.516. The molecule has 0 rings (SSSR count). The lowest BCUT2D eigenvalue weighted by atomic mass is 10.1. The van der Waals surface area contributed by atoms with E-state index in [2.05, 4.69) is 10.6 Å². The van der Waals surface area contributed by atoms with E-state index in [1.807, 2.05) is 0 Å². The maximum absolute atomic E-state index is 11.0. The zero-order chi connectivity index (χ0) is 9.56. The molecule has 0 aliphatic heterocycles. The van der Waals surface area contributed by atoms with E-state index in [1.54, 1.807) is 14.1 Å². The normalized spacial score (nSPS) is 12.2. The molecule has 0 aromatic rings. The third-order valence-corrected chi connectivity index (χ3v) is 1.59. The van der Waals surface area contributed by atoms with Gasteiger partial charge in [-0.15, -0.1) is 0 Å². The molecule has 2 amide bonds. The minimum Gasteiger partial charge on any atom is -0.370 e. The van der Waals surface area contributed by atoms with Gasteiger partial charge in [0.05, 0.1) is 6.04 Å². The van der Waals surface area contributed by atoms with Gasteiger partial charge in [0.1, 0.15) is 0 Å². The summed E-state index contributed by atoms with van der Waals surface area (Å²) in [7, 11) is 3.22. The maximum atomic E-state index is 11.0. The molecule has 1 unspecified atom stereocenters. The van der Waals surface area contributed by atoms with Crippen molar-refractivity contribution < 1.29 is 9.59 Å². The Morgan fingerprint density at radius 1 is 1.42 bits per heavy atom. The fourth-order valence-corrected chi connectivity index (χ4v) is 0.867. The molecule has 5 nitrogen and oxygen atoms in total. The number of nitrogens with one attached hydrogen (secondary N) is 2. The number of carbonyl (C=O) groups is 2. The van der Waals surface area contributed by atoms with Gasteiger partial charge in [0.2, 0.25) is 11.8 Å². The highest BCUT2D eigenvalue weighted by molar-refractivity contribution is 5.82. The predicted octanol–water partition coefficient (Wildman–Crippen LogP) is -1.41. The molecular formula is C7H15N3O2. The Morgan fingerprint density at radius 3 is 2.33 bits per heavy atom. The highest BCUT2D eigenvalue weighted by atomic mass is 16.2. The Bertz CT molecular complexity index is 170. The summed E-state index contributed by atoms with van der Waals surface area (Å²) in [6.07, 6.45) is 0.657. The Kier molecular flexibility index (Phi) is 5.03. The minimum atomic E-state index is -0.390. The topological polar surface area (TPSA) is 84.2 Å². The van der Waals surface area contributed by atoms with Crippen LogP contribution >= 0.6 is 0 Å². The predicted molar refractivity (Wildman–Crippen MR) is 45.3 cm³/mol. The van der Waals surface area contributed by atoms with Crippen LogP contribution in [-0.4, -0.2) is 32.0 Å². The van der Waals surface area contributed by atoms with Gasteiger partial charge in [-0.2, -0.15) is 0 Å². The van der Waals surface area contributed by atoms with E-state index in [4.69, 9.17) is 5.73 Å². The van der Waals surface area contributed by atoms with Crippen LogP contribution in [0.2, 0.25) is 0 Å². The van der Waals surface area contributed by atoms with Crippen molar-refractivity contribution in [2.24, 2.45) is 5.73 Å². The highest BCUT2D eigenvalue weighted by Crippen LogP contribution is 1.95. The average Bonchev–Trinajstić information content (AvgIpc) is 2.04. The molecule has 0 aliphatic rings. The number of hydrogen-bond acceptors (Lipinski definition) is 3. The monoisotopic (exact) mass is 173 g/mol. The minimum absolute atomic E-state index is 0.126. The smallest absolute Gasteiger partial charge is 0.236 e. The molecule has 0 aliphatic carbocycles. The van der Waals surface area contributed by atoms with E-state index >= 15 is 0 Å². The fraction of sp³-hybridized carbons (Fsp3) is 0.714. The molecule has 1 atom stereocenters. The summed E-state index contributed by atoms with van der Waals surface area (Å²) >= 11 is 0. The van der Waals surface area contributed by atoms with Gasteiger partial charge in [-0.05, 0) is 13.5 Å². The number of hydrogen-bond donors (Lipinski definition) is 3. The van der Waals surface area contributed by atoms with Crippen molar-refractivity contribution in [1.29, 1.82) is 0 Å². The first-order valence-corrected chi connectivity index (χ1v) is 3.79. The van der Waals surface area contributed by atoms with E-state index in [9.17, 15) is 9.59 Å². The van der Waals surface area contributed by atoms with E-state index in [-0.39, 0.29) is 24.3 Å². The van der Waals surface area contributed by atoms with Crippen LogP contribution in [0.4, 0.5) is 0 Å². The number of nitrogens with two attached hydrogens (primary N) is 1. The van der Waals surface area contributed by atoms with E-state index in [1.165, 1.54) is 0 Å². The molecule has 4 N–H and O–H groups in total. The fourth-order valence-electron chi connectivity index (χ4n) is 0.867. The lowest BCUT2D eigenvalue weighted by molar-refractivity contribution is -0.123. The lowest BCUT2D eigenvalue weighted by Crippen LogP contribution is -2.41. The van der Waals surface area contributed by atoms with Crippen LogP contribution in [0, 0.1) is 0 Å². The largest absolute Gasteiger partial charge is 0.370 e. The van der Waals surface area contributed by atoms with Crippen LogP contribution in [-0.2, 0) is 9.59 Å². The Morgan fingerprint density at radius 2 is 2.00 bits per heavy atom. The summed E-state index contributed by atoms with van der Waals surface area (Å²) in [5, 5.41) is 5.27. The molecular weight excluding hydrogens is 158 g/mol. The standard InChI is InChI=1S/C7H15N3O2/c1-9-5(7(12)10-2)3-4-6(8)11/h5,9H,3-4H2,1-2H3,(H2,8,11)(H,10,12). The van der Waals surface area contributed by atoms with Crippen LogP contribution in [0.3, 0.4) is 0 Å². The first-order valence-electron chi connectivity index (χ1n) is 3.79. The van der Waals surface area contributed by atoms with E-state index in [0.717, 1.165) is 0 Å². The van der Waals surface area contributed by atoms with Crippen molar-refractivity contribution in [2.45, 2.75) is 18.9 Å². The first kappa shape index (κ1) is 10.9. The van der Waals surface area contributed by atoms with Crippen LogP contribution in [0.1, 0.15) is 12.8 Å². The molecule has 0 radical (unpaired) electrons. The Labute approximate surface area is 71.7 Å². The van der Waals surface area contributed by atoms with Gasteiger partial charge in [-0.25, -0.2) is 0 Å². The summed E-state index contributed by atoms with van der Waals surface area (Å²) in [5.41, 5.74) is 4.94. The summed E-state index contributed by atoms with van der Waals surface area (Å²) in [6, 6.07) is -0.331. The van der Waals surface area contributed by atoms with Gasteiger partial charge in [-0.1, -0.05) is 0 Å². The van der Waals surface area contributed by atoms with Gasteiger partial charge >= 0.3 is 0 Å². The Balaban J connectivity index is 3.83. The zero-order valence-corrected chi connectivity index (χ0v) is 7.39. The molecule has 0 heterocycles. The molecule has 70 valence electrons. The van der Waals surface area contributed by atoms with Gasteiger partial charge in [0.15, 0.2) is 0 Å². The van der Waals surface area contributed by atoms with E-state index < -0.39 is 0 Å². The molecule has 0 bridgehead atoms. The van der Waals surface area contributed by atoms with Crippen molar-refractivity contribution in [3.05, 3.63) is 0 Å². The SMILES string of the molecule is CNC(=O)C(CCC(N)=O)NC. The first-order chi connectivity index (χ1) is 5.61. The highest BCUT2D eigenvalue weighted by Gasteiger charge is 2.14. The molecule has 5 heteroatoms. The summed E-state index contributed by atoms with van der Waals surface area (Å²) in [6.45, 7) is 0. The van der Waals surface area contributed by atoms with Crippen LogP contribution in [0.25, 0.3) is 0 Å². The van der Waals surface area contributed by atoms with Crippen molar-refractivity contribution in [3.8, 4) is 0 Å². The summed E-state index contributed by atoms with van der Waals surface area (Å²) < 4.78 is 0. The van der Waals surface area contributed by atoms with Crippen molar-refractivity contribution in [3.63, 3.8) is 0 Å². The molecule has 0 aromatic carbocycles. The molecule has 0 aromatic heterocycles.